The molecule has 0 N–H and O–H groups in total. The van der Waals surface area contributed by atoms with Crippen LogP contribution in [0.5, 0.6) is 0 Å². The van der Waals surface area contributed by atoms with Gasteiger partial charge in [0.15, 0.2) is 0 Å². The Morgan fingerprint density at radius 2 is 1.96 bits per heavy atom. The smallest absolute Gasteiger partial charge is 0.410 e. The summed E-state index contributed by atoms with van der Waals surface area (Å²) in [6.07, 6.45) is 2.48. The highest BCUT2D eigenvalue weighted by atomic mass is 19.1. The molecule has 1 aliphatic rings. The molecule has 2 aromatic rings. The van der Waals surface area contributed by atoms with E-state index < -0.39 is 0 Å². The highest BCUT2D eigenvalue weighted by molar-refractivity contribution is 5.68. The molecule has 1 fully saturated rings. The first-order chi connectivity index (χ1) is 12.6. The molecular weight excluding hydrogens is 329 g/mol. The Morgan fingerprint density at radius 1 is 1.19 bits per heavy atom. The van der Waals surface area contributed by atoms with Crippen LogP contribution in [-0.2, 0) is 11.3 Å². The first-order valence-electron chi connectivity index (χ1n) is 9.33. The standard InChI is InChI=1S/C22H26FNO2/c1-16(2)19-12-11-18(14-20(19)23)21-10-6-7-13-24(21)22(25)26-15-17-8-4-3-5-9-17/h3-5,8-9,11-12,14,16,21H,6-7,10,13,15H2,1-2H3. The van der Waals surface area contributed by atoms with Crippen molar-refractivity contribution >= 4 is 6.09 Å². The van der Waals surface area contributed by atoms with Gasteiger partial charge in [-0.25, -0.2) is 9.18 Å². The van der Waals surface area contributed by atoms with Gasteiger partial charge in [0.25, 0.3) is 0 Å². The van der Waals surface area contributed by atoms with Crippen molar-refractivity contribution in [2.75, 3.05) is 6.54 Å². The van der Waals surface area contributed by atoms with Gasteiger partial charge >= 0.3 is 6.09 Å². The summed E-state index contributed by atoms with van der Waals surface area (Å²) in [6, 6.07) is 14.9. The van der Waals surface area contributed by atoms with E-state index in [1.54, 1.807) is 11.0 Å². The fraction of sp³-hybridized carbons (Fsp3) is 0.409. The highest BCUT2D eigenvalue weighted by Gasteiger charge is 2.29. The number of hydrogen-bond acceptors (Lipinski definition) is 2. The second-order valence-corrected chi connectivity index (χ2v) is 7.18. The van der Waals surface area contributed by atoms with Crippen molar-refractivity contribution in [2.45, 2.75) is 51.7 Å². The van der Waals surface area contributed by atoms with Gasteiger partial charge in [0.2, 0.25) is 0 Å². The molecule has 0 spiro atoms. The third-order valence-electron chi connectivity index (χ3n) is 4.97. The van der Waals surface area contributed by atoms with Crippen molar-refractivity contribution in [3.63, 3.8) is 0 Å². The quantitative estimate of drug-likeness (QED) is 0.692. The van der Waals surface area contributed by atoms with E-state index in [-0.39, 0.29) is 30.5 Å². The van der Waals surface area contributed by atoms with Crippen molar-refractivity contribution in [1.82, 2.24) is 4.90 Å². The van der Waals surface area contributed by atoms with Crippen LogP contribution in [0.15, 0.2) is 48.5 Å². The first-order valence-corrected chi connectivity index (χ1v) is 9.33. The van der Waals surface area contributed by atoms with Crippen LogP contribution in [-0.4, -0.2) is 17.5 Å². The van der Waals surface area contributed by atoms with E-state index in [1.165, 1.54) is 0 Å². The molecule has 1 unspecified atom stereocenters. The molecule has 1 aliphatic heterocycles. The number of benzene rings is 2. The summed E-state index contributed by atoms with van der Waals surface area (Å²) in [6.45, 7) is 4.85. The molecule has 0 radical (unpaired) electrons. The molecule has 4 heteroatoms. The molecule has 3 nitrogen and oxygen atoms in total. The molecule has 1 heterocycles. The van der Waals surface area contributed by atoms with E-state index in [0.29, 0.717) is 12.1 Å². The zero-order valence-corrected chi connectivity index (χ0v) is 15.5. The van der Waals surface area contributed by atoms with E-state index in [1.807, 2.05) is 56.3 Å². The van der Waals surface area contributed by atoms with Crippen LogP contribution < -0.4 is 0 Å². The number of halogens is 1. The second kappa shape index (κ2) is 8.35. The van der Waals surface area contributed by atoms with Gasteiger partial charge in [-0.2, -0.15) is 0 Å². The number of hydrogen-bond donors (Lipinski definition) is 0. The summed E-state index contributed by atoms with van der Waals surface area (Å²) in [4.78, 5) is 14.4. The summed E-state index contributed by atoms with van der Waals surface area (Å²) in [7, 11) is 0. The van der Waals surface area contributed by atoms with Gasteiger partial charge in [-0.05, 0) is 47.9 Å². The van der Waals surface area contributed by atoms with Crippen LogP contribution in [0.1, 0.15) is 61.8 Å². The minimum atomic E-state index is -0.327. The molecule has 1 atom stereocenters. The average molecular weight is 355 g/mol. The van der Waals surface area contributed by atoms with Crippen LogP contribution in [0.3, 0.4) is 0 Å². The first kappa shape index (κ1) is 18.4. The lowest BCUT2D eigenvalue weighted by molar-refractivity contribution is 0.0678. The van der Waals surface area contributed by atoms with Gasteiger partial charge in [-0.15, -0.1) is 0 Å². The number of nitrogens with zero attached hydrogens (tertiary/aromatic N) is 1. The molecule has 1 saturated heterocycles. The van der Waals surface area contributed by atoms with Gasteiger partial charge in [0.1, 0.15) is 12.4 Å². The van der Waals surface area contributed by atoms with Gasteiger partial charge in [0, 0.05) is 6.54 Å². The second-order valence-electron chi connectivity index (χ2n) is 7.18. The number of rotatable bonds is 4. The van der Waals surface area contributed by atoms with Crippen LogP contribution >= 0.6 is 0 Å². The van der Waals surface area contributed by atoms with Gasteiger partial charge in [-0.1, -0.05) is 56.3 Å². The summed E-state index contributed by atoms with van der Waals surface area (Å²) < 4.78 is 19.9. The fourth-order valence-electron chi connectivity index (χ4n) is 3.52. The fourth-order valence-corrected chi connectivity index (χ4v) is 3.52. The van der Waals surface area contributed by atoms with E-state index >= 15 is 0 Å². The summed E-state index contributed by atoms with van der Waals surface area (Å²) >= 11 is 0. The SMILES string of the molecule is CC(C)c1ccc(C2CCCCN2C(=O)OCc2ccccc2)cc1F. The maximum absolute atomic E-state index is 14.4. The molecule has 3 rings (SSSR count). The monoisotopic (exact) mass is 355 g/mol. The van der Waals surface area contributed by atoms with Crippen molar-refractivity contribution in [1.29, 1.82) is 0 Å². The zero-order chi connectivity index (χ0) is 18.5. The van der Waals surface area contributed by atoms with Crippen molar-refractivity contribution in [2.24, 2.45) is 0 Å². The number of piperidine rings is 1. The van der Waals surface area contributed by atoms with Crippen LogP contribution in [0.25, 0.3) is 0 Å². The van der Waals surface area contributed by atoms with Gasteiger partial charge in [-0.3, -0.25) is 0 Å². The molecular formula is C22H26FNO2. The topological polar surface area (TPSA) is 29.5 Å². The number of carbonyl (C=O) groups excluding carboxylic acids is 1. The van der Waals surface area contributed by atoms with E-state index in [2.05, 4.69) is 0 Å². The maximum atomic E-state index is 14.4. The maximum Gasteiger partial charge on any atom is 0.410 e. The Labute approximate surface area is 154 Å². The van der Waals surface area contributed by atoms with E-state index in [0.717, 1.165) is 30.4 Å². The van der Waals surface area contributed by atoms with E-state index in [9.17, 15) is 9.18 Å². The number of likely N-dealkylation sites (tertiary alicyclic amines) is 1. The Bertz CT molecular complexity index is 745. The third kappa shape index (κ3) is 4.24. The summed E-state index contributed by atoms with van der Waals surface area (Å²) in [5.74, 6) is -0.0528. The number of ether oxygens (including phenoxy) is 1. The van der Waals surface area contributed by atoms with Crippen molar-refractivity contribution in [3.8, 4) is 0 Å². The third-order valence-corrected chi connectivity index (χ3v) is 4.97. The Hall–Kier alpha value is -2.36. The lowest BCUT2D eigenvalue weighted by Gasteiger charge is -2.35. The Kier molecular flexibility index (Phi) is 5.92. The number of amides is 1. The lowest BCUT2D eigenvalue weighted by Crippen LogP contribution is -2.38. The largest absolute Gasteiger partial charge is 0.445 e. The number of carbonyl (C=O) groups is 1. The molecule has 0 bridgehead atoms. The molecule has 0 aliphatic carbocycles. The van der Waals surface area contributed by atoms with Crippen molar-refractivity contribution < 1.29 is 13.9 Å². The summed E-state index contributed by atoms with van der Waals surface area (Å²) in [5, 5.41) is 0. The van der Waals surface area contributed by atoms with Gasteiger partial charge < -0.3 is 9.64 Å². The predicted molar refractivity (Wildman–Crippen MR) is 100 cm³/mol. The molecule has 1 amide bonds. The summed E-state index contributed by atoms with van der Waals surface area (Å²) in [5.41, 5.74) is 2.52. The molecule has 26 heavy (non-hydrogen) atoms. The van der Waals surface area contributed by atoms with Crippen LogP contribution in [0, 0.1) is 5.82 Å². The van der Waals surface area contributed by atoms with Gasteiger partial charge in [0.05, 0.1) is 6.04 Å². The molecule has 2 aromatic carbocycles. The Balaban J connectivity index is 1.73. The van der Waals surface area contributed by atoms with Crippen LogP contribution in [0.2, 0.25) is 0 Å². The molecule has 0 saturated carbocycles. The average Bonchev–Trinajstić information content (AvgIpc) is 2.66. The zero-order valence-electron chi connectivity index (χ0n) is 15.5. The lowest BCUT2D eigenvalue weighted by atomic mass is 9.93. The van der Waals surface area contributed by atoms with Crippen LogP contribution in [0.4, 0.5) is 9.18 Å². The molecule has 138 valence electrons. The Morgan fingerprint density at radius 3 is 2.65 bits per heavy atom. The van der Waals surface area contributed by atoms with E-state index in [4.69, 9.17) is 4.74 Å². The highest BCUT2D eigenvalue weighted by Crippen LogP contribution is 2.33. The minimum absolute atomic E-state index is 0.122. The minimum Gasteiger partial charge on any atom is -0.445 e. The van der Waals surface area contributed by atoms with Crippen molar-refractivity contribution in [3.05, 3.63) is 71.0 Å². The molecule has 0 aromatic heterocycles. The predicted octanol–water partition coefficient (Wildman–Crippen LogP) is 5.81. The normalized spacial score (nSPS) is 17.4.